The molecule has 0 atom stereocenters. The number of hydrogen-bond donors (Lipinski definition) is 0. The molecule has 0 saturated carbocycles. The zero-order valence-electron chi connectivity index (χ0n) is 18.2. The van der Waals surface area contributed by atoms with Crippen LogP contribution in [-0.4, -0.2) is 4.57 Å². The summed E-state index contributed by atoms with van der Waals surface area (Å²) in [5.41, 5.74) is 8.58. The number of benzene rings is 5. The molecule has 0 N–H and O–H groups in total. The highest BCUT2D eigenvalue weighted by Crippen LogP contribution is 2.45. The molecule has 1 aromatic heterocycles. The minimum atomic E-state index is 0.670. The van der Waals surface area contributed by atoms with Crippen molar-refractivity contribution in [3.8, 4) is 45.5 Å². The number of nitrogens with zero attached hydrogens (tertiary/aromatic N) is 2. The molecule has 2 heterocycles. The van der Waals surface area contributed by atoms with E-state index in [1.807, 2.05) is 42.5 Å². The normalized spacial score (nSPS) is 11.7. The van der Waals surface area contributed by atoms with Gasteiger partial charge in [0.2, 0.25) is 0 Å². The molecule has 0 aliphatic carbocycles. The zero-order chi connectivity index (χ0) is 22.6. The first-order valence-corrected chi connectivity index (χ1v) is 11.3. The third kappa shape index (κ3) is 2.69. The molecule has 6 aromatic rings. The number of para-hydroxylation sites is 3. The number of rotatable bonds is 2. The van der Waals surface area contributed by atoms with E-state index in [4.69, 9.17) is 10.00 Å². The van der Waals surface area contributed by atoms with Gasteiger partial charge >= 0.3 is 0 Å². The van der Waals surface area contributed by atoms with Crippen LogP contribution in [0.4, 0.5) is 0 Å². The average molecular weight is 434 g/mol. The van der Waals surface area contributed by atoms with Crippen LogP contribution >= 0.6 is 0 Å². The van der Waals surface area contributed by atoms with Crippen LogP contribution < -0.4 is 4.74 Å². The second kappa shape index (κ2) is 7.10. The lowest BCUT2D eigenvalue weighted by molar-refractivity contribution is 0.476. The fraction of sp³-hybridized carbons (Fsp3) is 0. The van der Waals surface area contributed by atoms with Crippen LogP contribution in [0.2, 0.25) is 0 Å². The van der Waals surface area contributed by atoms with Crippen molar-refractivity contribution in [2.45, 2.75) is 0 Å². The Balaban J connectivity index is 1.42. The molecule has 3 nitrogen and oxygen atoms in total. The molecule has 1 aliphatic heterocycles. The van der Waals surface area contributed by atoms with E-state index in [2.05, 4.69) is 77.4 Å². The van der Waals surface area contributed by atoms with Crippen LogP contribution in [0.5, 0.6) is 11.5 Å². The van der Waals surface area contributed by atoms with Crippen LogP contribution in [0.25, 0.3) is 49.7 Å². The van der Waals surface area contributed by atoms with Crippen LogP contribution in [0.3, 0.4) is 0 Å². The Kier molecular flexibility index (Phi) is 3.91. The van der Waals surface area contributed by atoms with Gasteiger partial charge in [0.1, 0.15) is 0 Å². The van der Waals surface area contributed by atoms with Crippen molar-refractivity contribution >= 4 is 21.8 Å². The van der Waals surface area contributed by atoms with Crippen molar-refractivity contribution in [3.63, 3.8) is 0 Å². The SMILES string of the molecule is N#Cc1ccc(-c2cccc(-c3ccc4c(c3)c3cccc5c3n4-c3ccccc3O5)c2)cc1. The number of nitriles is 1. The first kappa shape index (κ1) is 18.7. The number of ether oxygens (including phenoxy) is 1. The quantitative estimate of drug-likeness (QED) is 0.276. The maximum absolute atomic E-state index is 9.09. The molecule has 7 rings (SSSR count). The molecule has 3 heteroatoms. The smallest absolute Gasteiger partial charge is 0.152 e. The molecule has 0 saturated heterocycles. The van der Waals surface area contributed by atoms with Crippen molar-refractivity contribution in [2.24, 2.45) is 0 Å². The van der Waals surface area contributed by atoms with Gasteiger partial charge < -0.3 is 9.30 Å². The van der Waals surface area contributed by atoms with Gasteiger partial charge in [0.15, 0.2) is 11.5 Å². The van der Waals surface area contributed by atoms with E-state index in [0.29, 0.717) is 5.56 Å². The van der Waals surface area contributed by atoms with Crippen LogP contribution in [0.15, 0.2) is 109 Å². The van der Waals surface area contributed by atoms with Crippen molar-refractivity contribution in [1.29, 1.82) is 5.26 Å². The van der Waals surface area contributed by atoms with Gasteiger partial charge in [0, 0.05) is 10.8 Å². The van der Waals surface area contributed by atoms with Gasteiger partial charge in [0.05, 0.1) is 28.4 Å². The van der Waals surface area contributed by atoms with Gasteiger partial charge in [-0.25, -0.2) is 0 Å². The predicted octanol–water partition coefficient (Wildman–Crippen LogP) is 8.10. The fourth-order valence-electron chi connectivity index (χ4n) is 5.01. The van der Waals surface area contributed by atoms with E-state index in [1.54, 1.807) is 0 Å². The highest BCUT2D eigenvalue weighted by Gasteiger charge is 2.23. The summed E-state index contributed by atoms with van der Waals surface area (Å²) in [5, 5.41) is 11.5. The molecule has 0 amide bonds. The summed E-state index contributed by atoms with van der Waals surface area (Å²) in [4.78, 5) is 0. The third-order valence-corrected chi connectivity index (χ3v) is 6.62. The molecular weight excluding hydrogens is 416 g/mol. The number of hydrogen-bond acceptors (Lipinski definition) is 2. The topological polar surface area (TPSA) is 38.0 Å². The zero-order valence-corrected chi connectivity index (χ0v) is 18.2. The summed E-state index contributed by atoms with van der Waals surface area (Å²) in [7, 11) is 0. The lowest BCUT2D eigenvalue weighted by Crippen LogP contribution is -2.03. The Hall–Kier alpha value is -4.81. The van der Waals surface area contributed by atoms with Crippen LogP contribution in [-0.2, 0) is 0 Å². The predicted molar refractivity (Wildman–Crippen MR) is 136 cm³/mol. The maximum Gasteiger partial charge on any atom is 0.152 e. The molecule has 5 aromatic carbocycles. The molecule has 0 radical (unpaired) electrons. The highest BCUT2D eigenvalue weighted by atomic mass is 16.5. The van der Waals surface area contributed by atoms with Crippen molar-refractivity contribution < 1.29 is 4.74 Å². The maximum atomic E-state index is 9.09. The van der Waals surface area contributed by atoms with Crippen LogP contribution in [0.1, 0.15) is 5.56 Å². The summed E-state index contributed by atoms with van der Waals surface area (Å²) >= 11 is 0. The molecular formula is C31H18N2O. The van der Waals surface area contributed by atoms with Crippen molar-refractivity contribution in [1.82, 2.24) is 4.57 Å². The largest absolute Gasteiger partial charge is 0.453 e. The fourth-order valence-corrected chi connectivity index (χ4v) is 5.01. The van der Waals surface area contributed by atoms with Crippen molar-refractivity contribution in [3.05, 3.63) is 115 Å². The summed E-state index contributed by atoms with van der Waals surface area (Å²) in [6.45, 7) is 0. The van der Waals surface area contributed by atoms with E-state index in [-0.39, 0.29) is 0 Å². The third-order valence-electron chi connectivity index (χ3n) is 6.62. The van der Waals surface area contributed by atoms with Gasteiger partial charge in [-0.1, -0.05) is 60.7 Å². The Morgan fingerprint density at radius 1 is 0.588 bits per heavy atom. The average Bonchev–Trinajstić information content (AvgIpc) is 3.24. The molecule has 158 valence electrons. The Labute approximate surface area is 196 Å². The first-order chi connectivity index (χ1) is 16.8. The number of fused-ring (bicyclic) bond motifs is 5. The van der Waals surface area contributed by atoms with Gasteiger partial charge in [-0.05, 0) is 70.8 Å². The van der Waals surface area contributed by atoms with E-state index in [9.17, 15) is 0 Å². The van der Waals surface area contributed by atoms with E-state index in [0.717, 1.165) is 39.4 Å². The highest BCUT2D eigenvalue weighted by molar-refractivity contribution is 6.13. The second-order valence-electron chi connectivity index (χ2n) is 8.56. The monoisotopic (exact) mass is 434 g/mol. The van der Waals surface area contributed by atoms with Gasteiger partial charge in [-0.15, -0.1) is 0 Å². The summed E-state index contributed by atoms with van der Waals surface area (Å²) in [5.74, 6) is 1.76. The Bertz CT molecular complexity index is 1790. The minimum absolute atomic E-state index is 0.670. The summed E-state index contributed by atoms with van der Waals surface area (Å²) < 4.78 is 8.55. The van der Waals surface area contributed by atoms with Crippen LogP contribution in [0, 0.1) is 11.3 Å². The Morgan fingerprint density at radius 3 is 2.15 bits per heavy atom. The van der Waals surface area contributed by atoms with Gasteiger partial charge in [-0.2, -0.15) is 5.26 Å². The standard InChI is InChI=1S/C31H18N2O/c32-19-20-11-13-21(14-12-20)22-5-3-6-23(17-22)24-15-16-27-26(18-24)25-7-4-10-30-31(25)33(27)28-8-1-2-9-29(28)34-30/h1-18H. The lowest BCUT2D eigenvalue weighted by atomic mass is 9.97. The molecule has 0 fully saturated rings. The van der Waals surface area contributed by atoms with Crippen molar-refractivity contribution in [2.75, 3.05) is 0 Å². The summed E-state index contributed by atoms with van der Waals surface area (Å²) in [6.07, 6.45) is 0. The minimum Gasteiger partial charge on any atom is -0.453 e. The van der Waals surface area contributed by atoms with Gasteiger partial charge in [0.25, 0.3) is 0 Å². The first-order valence-electron chi connectivity index (χ1n) is 11.3. The second-order valence-corrected chi connectivity index (χ2v) is 8.56. The number of aromatic nitrogens is 1. The molecule has 0 unspecified atom stereocenters. The van der Waals surface area contributed by atoms with E-state index < -0.39 is 0 Å². The molecule has 0 spiro atoms. The lowest BCUT2D eigenvalue weighted by Gasteiger charge is -2.20. The van der Waals surface area contributed by atoms with E-state index in [1.165, 1.54) is 21.9 Å². The Morgan fingerprint density at radius 2 is 1.29 bits per heavy atom. The van der Waals surface area contributed by atoms with Gasteiger partial charge in [-0.3, -0.25) is 0 Å². The molecule has 0 bridgehead atoms. The summed E-state index contributed by atoms with van der Waals surface area (Å²) in [6, 6.07) is 39.6. The molecule has 1 aliphatic rings. The molecule has 34 heavy (non-hydrogen) atoms. The van der Waals surface area contributed by atoms with E-state index >= 15 is 0 Å².